The Bertz CT molecular complexity index is 291. The molecular formula is C10H15Cl2NOS. The number of thiophene rings is 1. The summed E-state index contributed by atoms with van der Waals surface area (Å²) >= 11 is 13.2. The molecule has 5 heteroatoms. The van der Waals surface area contributed by atoms with Gasteiger partial charge in [-0.2, -0.15) is 0 Å². The molecule has 0 fully saturated rings. The molecule has 2 nitrogen and oxygen atoms in total. The van der Waals surface area contributed by atoms with Gasteiger partial charge < -0.3 is 10.1 Å². The molecule has 0 unspecified atom stereocenters. The second-order valence-corrected chi connectivity index (χ2v) is 5.35. The molecule has 1 rings (SSSR count). The predicted molar refractivity (Wildman–Crippen MR) is 67.4 cm³/mol. The van der Waals surface area contributed by atoms with Crippen LogP contribution in [0.5, 0.6) is 0 Å². The van der Waals surface area contributed by atoms with Crippen molar-refractivity contribution in [3.05, 3.63) is 20.3 Å². The highest BCUT2D eigenvalue weighted by atomic mass is 35.5. The monoisotopic (exact) mass is 267 g/mol. The number of likely N-dealkylation sites (N-methyl/N-ethyl adjacent to an activating group) is 1. The molecule has 15 heavy (non-hydrogen) atoms. The minimum Gasteiger partial charge on any atom is -0.380 e. The highest BCUT2D eigenvalue weighted by Crippen LogP contribution is 2.31. The summed E-state index contributed by atoms with van der Waals surface area (Å²) in [7, 11) is 0. The van der Waals surface area contributed by atoms with Gasteiger partial charge in [0.2, 0.25) is 0 Å². The summed E-state index contributed by atoms with van der Waals surface area (Å²) in [5.74, 6) is 0. The first-order chi connectivity index (χ1) is 7.24. The van der Waals surface area contributed by atoms with Crippen LogP contribution in [0.4, 0.5) is 0 Å². The van der Waals surface area contributed by atoms with Crippen molar-refractivity contribution >= 4 is 34.5 Å². The lowest BCUT2D eigenvalue weighted by atomic mass is 10.2. The molecule has 0 spiro atoms. The van der Waals surface area contributed by atoms with Gasteiger partial charge in [-0.05, 0) is 24.6 Å². The second-order valence-electron chi connectivity index (χ2n) is 3.07. The van der Waals surface area contributed by atoms with E-state index in [4.69, 9.17) is 27.9 Å². The highest BCUT2D eigenvalue weighted by Gasteiger charge is 2.04. The summed E-state index contributed by atoms with van der Waals surface area (Å²) in [4.78, 5) is 0. The number of halogens is 2. The van der Waals surface area contributed by atoms with Crippen molar-refractivity contribution in [3.63, 3.8) is 0 Å². The molecule has 1 aromatic rings. The molecule has 0 atom stereocenters. The van der Waals surface area contributed by atoms with Crippen molar-refractivity contribution in [2.75, 3.05) is 26.3 Å². The van der Waals surface area contributed by atoms with Crippen LogP contribution in [0.25, 0.3) is 0 Å². The summed E-state index contributed by atoms with van der Waals surface area (Å²) in [5.41, 5.74) is 1.08. The van der Waals surface area contributed by atoms with Gasteiger partial charge in [-0.3, -0.25) is 0 Å². The van der Waals surface area contributed by atoms with Crippen LogP contribution in [-0.4, -0.2) is 26.3 Å². The van der Waals surface area contributed by atoms with Gasteiger partial charge in [0.05, 0.1) is 21.9 Å². The van der Waals surface area contributed by atoms with Gasteiger partial charge in [-0.15, -0.1) is 11.3 Å². The van der Waals surface area contributed by atoms with Crippen LogP contribution in [-0.2, 0) is 11.2 Å². The molecule has 1 N–H and O–H groups in total. The summed E-state index contributed by atoms with van der Waals surface area (Å²) in [6.45, 7) is 5.39. The van der Waals surface area contributed by atoms with Crippen LogP contribution in [0.3, 0.4) is 0 Å². The first kappa shape index (κ1) is 13.3. The van der Waals surface area contributed by atoms with Crippen LogP contribution in [0.15, 0.2) is 6.07 Å². The summed E-state index contributed by atoms with van der Waals surface area (Å²) < 4.78 is 6.96. The van der Waals surface area contributed by atoms with E-state index in [-0.39, 0.29) is 0 Å². The predicted octanol–water partition coefficient (Wildman–Crippen LogP) is 3.22. The Balaban J connectivity index is 2.12. The zero-order valence-corrected chi connectivity index (χ0v) is 11.0. The van der Waals surface area contributed by atoms with Crippen molar-refractivity contribution in [1.82, 2.24) is 5.32 Å². The topological polar surface area (TPSA) is 21.3 Å². The lowest BCUT2D eigenvalue weighted by molar-refractivity contribution is 0.139. The van der Waals surface area contributed by atoms with Crippen molar-refractivity contribution < 1.29 is 4.74 Å². The number of nitrogens with one attached hydrogen (secondary N) is 1. The van der Waals surface area contributed by atoms with Crippen molar-refractivity contribution in [2.45, 2.75) is 13.3 Å². The molecule has 0 bridgehead atoms. The van der Waals surface area contributed by atoms with Gasteiger partial charge in [-0.1, -0.05) is 30.1 Å². The van der Waals surface area contributed by atoms with E-state index >= 15 is 0 Å². The molecule has 0 aromatic carbocycles. The molecule has 1 aromatic heterocycles. The van der Waals surface area contributed by atoms with E-state index in [0.717, 1.165) is 40.4 Å². The van der Waals surface area contributed by atoms with E-state index in [0.29, 0.717) is 6.61 Å². The SMILES string of the molecule is CCNCCOCCc1cc(Cl)sc1Cl. The zero-order valence-electron chi connectivity index (χ0n) is 8.69. The Morgan fingerprint density at radius 3 is 2.80 bits per heavy atom. The van der Waals surface area contributed by atoms with Crippen LogP contribution < -0.4 is 5.32 Å². The molecule has 86 valence electrons. The van der Waals surface area contributed by atoms with Gasteiger partial charge in [0.25, 0.3) is 0 Å². The normalized spacial score (nSPS) is 10.9. The quantitative estimate of drug-likeness (QED) is 0.767. The van der Waals surface area contributed by atoms with E-state index in [9.17, 15) is 0 Å². The maximum absolute atomic E-state index is 5.97. The van der Waals surface area contributed by atoms with Crippen LogP contribution in [0.2, 0.25) is 8.67 Å². The minimum atomic E-state index is 0.693. The van der Waals surface area contributed by atoms with E-state index < -0.39 is 0 Å². The lowest BCUT2D eigenvalue weighted by Crippen LogP contribution is -2.19. The molecule has 0 saturated carbocycles. The Morgan fingerprint density at radius 1 is 1.40 bits per heavy atom. The fourth-order valence-corrected chi connectivity index (χ4v) is 2.69. The molecule has 0 aliphatic carbocycles. The van der Waals surface area contributed by atoms with Crippen molar-refractivity contribution in [1.29, 1.82) is 0 Å². The third-order valence-electron chi connectivity index (χ3n) is 1.92. The van der Waals surface area contributed by atoms with Crippen LogP contribution in [0, 0.1) is 0 Å². The lowest BCUT2D eigenvalue weighted by Gasteiger charge is -2.03. The average Bonchev–Trinajstić information content (AvgIpc) is 2.51. The van der Waals surface area contributed by atoms with E-state index in [1.54, 1.807) is 0 Å². The first-order valence-electron chi connectivity index (χ1n) is 4.96. The highest BCUT2D eigenvalue weighted by molar-refractivity contribution is 7.20. The summed E-state index contributed by atoms with van der Waals surface area (Å²) in [6.07, 6.45) is 0.828. The molecule has 0 amide bonds. The number of rotatable bonds is 7. The first-order valence-corrected chi connectivity index (χ1v) is 6.53. The number of ether oxygens (including phenoxy) is 1. The molecule has 0 aliphatic heterocycles. The Labute approximate surface area is 105 Å². The van der Waals surface area contributed by atoms with Crippen molar-refractivity contribution in [3.8, 4) is 0 Å². The van der Waals surface area contributed by atoms with Gasteiger partial charge >= 0.3 is 0 Å². The van der Waals surface area contributed by atoms with Crippen molar-refractivity contribution in [2.24, 2.45) is 0 Å². The van der Waals surface area contributed by atoms with Crippen LogP contribution in [0.1, 0.15) is 12.5 Å². The Kier molecular flexibility index (Phi) is 6.61. The largest absolute Gasteiger partial charge is 0.380 e. The smallest absolute Gasteiger partial charge is 0.0977 e. The molecule has 0 radical (unpaired) electrons. The molecule has 0 aliphatic rings. The van der Waals surface area contributed by atoms with E-state index in [1.807, 2.05) is 6.07 Å². The molecule has 1 heterocycles. The average molecular weight is 268 g/mol. The third-order valence-corrected chi connectivity index (χ3v) is 3.49. The standard InChI is InChI=1S/C10H15Cl2NOS/c1-2-13-4-6-14-5-3-8-7-9(11)15-10(8)12/h7,13H,2-6H2,1H3. The third kappa shape index (κ3) is 5.18. The van der Waals surface area contributed by atoms with E-state index in [2.05, 4.69) is 12.2 Å². The zero-order chi connectivity index (χ0) is 11.1. The maximum Gasteiger partial charge on any atom is 0.0977 e. The minimum absolute atomic E-state index is 0.693. The van der Waals surface area contributed by atoms with Gasteiger partial charge in [0.15, 0.2) is 0 Å². The van der Waals surface area contributed by atoms with E-state index in [1.165, 1.54) is 11.3 Å². The Hall–Kier alpha value is 0.200. The fraction of sp³-hybridized carbons (Fsp3) is 0.600. The number of hydrogen-bond acceptors (Lipinski definition) is 3. The van der Waals surface area contributed by atoms with Gasteiger partial charge in [0, 0.05) is 6.54 Å². The summed E-state index contributed by atoms with van der Waals surface area (Å²) in [5, 5.41) is 3.19. The molecular weight excluding hydrogens is 253 g/mol. The van der Waals surface area contributed by atoms with Crippen LogP contribution >= 0.6 is 34.5 Å². The number of hydrogen-bond donors (Lipinski definition) is 1. The second kappa shape index (κ2) is 7.47. The maximum atomic E-state index is 5.97. The van der Waals surface area contributed by atoms with Gasteiger partial charge in [0.1, 0.15) is 0 Å². The molecule has 0 saturated heterocycles. The summed E-state index contributed by atoms with van der Waals surface area (Å²) in [6, 6.07) is 1.90. The fourth-order valence-electron chi connectivity index (χ4n) is 1.15. The Morgan fingerprint density at radius 2 is 2.20 bits per heavy atom. The van der Waals surface area contributed by atoms with Gasteiger partial charge in [-0.25, -0.2) is 0 Å².